The van der Waals surface area contributed by atoms with E-state index in [-0.39, 0.29) is 24.1 Å². The predicted octanol–water partition coefficient (Wildman–Crippen LogP) is 1.92. The van der Waals surface area contributed by atoms with Crippen LogP contribution in [0.4, 0.5) is 0 Å². The Morgan fingerprint density at radius 2 is 2.24 bits per heavy atom. The van der Waals surface area contributed by atoms with Crippen LogP contribution < -0.4 is 10.9 Å². The summed E-state index contributed by atoms with van der Waals surface area (Å²) in [5, 5.41) is 2.86. The number of aromatic nitrogens is 1. The number of carbonyl (C=O) groups is 1. The number of hydrogen-bond acceptors (Lipinski definition) is 2. The molecule has 1 N–H and O–H groups in total. The summed E-state index contributed by atoms with van der Waals surface area (Å²) in [4.78, 5) is 23.2. The molecule has 0 radical (unpaired) electrons. The van der Waals surface area contributed by atoms with Gasteiger partial charge in [-0.15, -0.1) is 0 Å². The van der Waals surface area contributed by atoms with Crippen molar-refractivity contribution < 1.29 is 4.79 Å². The van der Waals surface area contributed by atoms with Crippen LogP contribution in [0, 0.1) is 0 Å². The lowest BCUT2D eigenvalue weighted by atomic mass is 10.2. The van der Waals surface area contributed by atoms with Crippen LogP contribution in [0.1, 0.15) is 26.7 Å². The van der Waals surface area contributed by atoms with Gasteiger partial charge in [0.25, 0.3) is 5.56 Å². The molecule has 1 aromatic rings. The van der Waals surface area contributed by atoms with Gasteiger partial charge in [-0.1, -0.05) is 13.3 Å². The van der Waals surface area contributed by atoms with Gasteiger partial charge in [-0.05, 0) is 35.3 Å². The smallest absolute Gasteiger partial charge is 0.251 e. The van der Waals surface area contributed by atoms with Crippen LogP contribution in [0.15, 0.2) is 27.6 Å². The SMILES string of the molecule is CCCC(C)NC(=O)Cn1cc(Br)ccc1=O. The highest BCUT2D eigenvalue weighted by molar-refractivity contribution is 9.10. The number of rotatable bonds is 5. The van der Waals surface area contributed by atoms with Crippen molar-refractivity contribution in [2.45, 2.75) is 39.3 Å². The Labute approximate surface area is 109 Å². The lowest BCUT2D eigenvalue weighted by Crippen LogP contribution is -2.37. The first-order valence-corrected chi connectivity index (χ1v) is 6.47. The first-order chi connectivity index (χ1) is 8.02. The summed E-state index contributed by atoms with van der Waals surface area (Å²) in [6.07, 6.45) is 3.59. The Hall–Kier alpha value is -1.10. The first kappa shape index (κ1) is 14.0. The van der Waals surface area contributed by atoms with E-state index in [1.54, 1.807) is 12.3 Å². The minimum atomic E-state index is -0.175. The summed E-state index contributed by atoms with van der Waals surface area (Å²) in [6, 6.07) is 3.25. The number of nitrogens with zero attached hydrogens (tertiary/aromatic N) is 1. The summed E-state index contributed by atoms with van der Waals surface area (Å²) in [5.74, 6) is -0.133. The van der Waals surface area contributed by atoms with Crippen LogP contribution in [-0.4, -0.2) is 16.5 Å². The molecule has 0 aromatic carbocycles. The molecule has 0 aliphatic rings. The summed E-state index contributed by atoms with van der Waals surface area (Å²) in [6.45, 7) is 4.10. The lowest BCUT2D eigenvalue weighted by molar-refractivity contribution is -0.122. The van der Waals surface area contributed by atoms with E-state index in [1.165, 1.54) is 10.6 Å². The molecule has 17 heavy (non-hydrogen) atoms. The van der Waals surface area contributed by atoms with Crippen LogP contribution in [-0.2, 0) is 11.3 Å². The van der Waals surface area contributed by atoms with Crippen molar-refractivity contribution >= 4 is 21.8 Å². The first-order valence-electron chi connectivity index (χ1n) is 5.68. The maximum Gasteiger partial charge on any atom is 0.251 e. The Morgan fingerprint density at radius 3 is 2.88 bits per heavy atom. The van der Waals surface area contributed by atoms with Crippen LogP contribution in [0.2, 0.25) is 0 Å². The Kier molecular flexibility index (Phi) is 5.41. The van der Waals surface area contributed by atoms with Gasteiger partial charge in [-0.25, -0.2) is 0 Å². The fraction of sp³-hybridized carbons (Fsp3) is 0.500. The fourth-order valence-electron chi connectivity index (χ4n) is 1.61. The van der Waals surface area contributed by atoms with Crippen molar-refractivity contribution in [1.29, 1.82) is 0 Å². The van der Waals surface area contributed by atoms with Gasteiger partial charge in [-0.2, -0.15) is 0 Å². The highest BCUT2D eigenvalue weighted by Crippen LogP contribution is 2.04. The number of nitrogens with one attached hydrogen (secondary N) is 1. The number of carbonyl (C=O) groups excluding carboxylic acids is 1. The molecule has 1 unspecified atom stereocenters. The molecular formula is C12H17BrN2O2. The van der Waals surface area contributed by atoms with Gasteiger partial charge >= 0.3 is 0 Å². The highest BCUT2D eigenvalue weighted by Gasteiger charge is 2.08. The molecule has 4 nitrogen and oxygen atoms in total. The van der Waals surface area contributed by atoms with Gasteiger partial charge in [-0.3, -0.25) is 9.59 Å². The molecule has 0 aliphatic heterocycles. The molecule has 0 spiro atoms. The van der Waals surface area contributed by atoms with Crippen LogP contribution in [0.3, 0.4) is 0 Å². The van der Waals surface area contributed by atoms with Gasteiger partial charge in [0.15, 0.2) is 0 Å². The molecule has 0 saturated carbocycles. The van der Waals surface area contributed by atoms with Crippen LogP contribution >= 0.6 is 15.9 Å². The molecule has 1 atom stereocenters. The monoisotopic (exact) mass is 300 g/mol. The average molecular weight is 301 g/mol. The molecule has 94 valence electrons. The van der Waals surface area contributed by atoms with Gasteiger partial charge in [0.05, 0.1) is 0 Å². The molecular weight excluding hydrogens is 284 g/mol. The Bertz CT molecular complexity index is 442. The second kappa shape index (κ2) is 6.59. The Morgan fingerprint density at radius 1 is 1.53 bits per heavy atom. The van der Waals surface area contributed by atoms with E-state index in [4.69, 9.17) is 0 Å². The summed E-state index contributed by atoms with van der Waals surface area (Å²) >= 11 is 3.27. The molecule has 1 aromatic heterocycles. The predicted molar refractivity (Wildman–Crippen MR) is 70.9 cm³/mol. The topological polar surface area (TPSA) is 51.1 Å². The zero-order chi connectivity index (χ0) is 12.8. The molecule has 1 amide bonds. The summed E-state index contributed by atoms with van der Waals surface area (Å²) in [5.41, 5.74) is -0.175. The van der Waals surface area contributed by atoms with E-state index >= 15 is 0 Å². The van der Waals surface area contributed by atoms with E-state index < -0.39 is 0 Å². The van der Waals surface area contributed by atoms with Gasteiger partial charge < -0.3 is 9.88 Å². The van der Waals surface area contributed by atoms with E-state index in [1.807, 2.05) is 6.92 Å². The third-order valence-electron chi connectivity index (χ3n) is 2.39. The quantitative estimate of drug-likeness (QED) is 0.903. The minimum absolute atomic E-state index is 0.0618. The lowest BCUT2D eigenvalue weighted by Gasteiger charge is -2.13. The van der Waals surface area contributed by atoms with Crippen molar-refractivity contribution in [2.75, 3.05) is 0 Å². The highest BCUT2D eigenvalue weighted by atomic mass is 79.9. The van der Waals surface area contributed by atoms with E-state index in [0.717, 1.165) is 17.3 Å². The standard InChI is InChI=1S/C12H17BrN2O2/c1-3-4-9(2)14-11(16)8-15-7-10(13)5-6-12(15)17/h5-7,9H,3-4,8H2,1-2H3,(H,14,16). The number of hydrogen-bond donors (Lipinski definition) is 1. The summed E-state index contributed by atoms with van der Waals surface area (Å²) < 4.78 is 2.17. The second-order valence-electron chi connectivity index (χ2n) is 4.07. The fourth-order valence-corrected chi connectivity index (χ4v) is 1.99. The molecule has 0 aliphatic carbocycles. The molecule has 1 rings (SSSR count). The largest absolute Gasteiger partial charge is 0.352 e. The second-order valence-corrected chi connectivity index (χ2v) is 4.99. The third-order valence-corrected chi connectivity index (χ3v) is 2.86. The average Bonchev–Trinajstić information content (AvgIpc) is 2.23. The molecule has 5 heteroatoms. The van der Waals surface area contributed by atoms with Crippen molar-refractivity contribution in [1.82, 2.24) is 9.88 Å². The zero-order valence-electron chi connectivity index (χ0n) is 10.1. The minimum Gasteiger partial charge on any atom is -0.352 e. The van der Waals surface area contributed by atoms with Gasteiger partial charge in [0, 0.05) is 22.8 Å². The molecule has 0 bridgehead atoms. The van der Waals surface area contributed by atoms with E-state index in [2.05, 4.69) is 28.2 Å². The van der Waals surface area contributed by atoms with E-state index in [0.29, 0.717) is 0 Å². The normalized spacial score (nSPS) is 12.2. The van der Waals surface area contributed by atoms with E-state index in [9.17, 15) is 9.59 Å². The van der Waals surface area contributed by atoms with Crippen LogP contribution in [0.5, 0.6) is 0 Å². The van der Waals surface area contributed by atoms with Crippen molar-refractivity contribution in [3.05, 3.63) is 33.2 Å². The van der Waals surface area contributed by atoms with Gasteiger partial charge in [0.1, 0.15) is 6.54 Å². The van der Waals surface area contributed by atoms with Crippen molar-refractivity contribution in [2.24, 2.45) is 0 Å². The number of pyridine rings is 1. The van der Waals surface area contributed by atoms with Crippen molar-refractivity contribution in [3.63, 3.8) is 0 Å². The van der Waals surface area contributed by atoms with Crippen molar-refractivity contribution in [3.8, 4) is 0 Å². The molecule has 0 fully saturated rings. The van der Waals surface area contributed by atoms with Gasteiger partial charge in [0.2, 0.25) is 5.91 Å². The number of halogens is 1. The zero-order valence-corrected chi connectivity index (χ0v) is 11.7. The molecule has 0 saturated heterocycles. The maximum atomic E-state index is 11.7. The summed E-state index contributed by atoms with van der Waals surface area (Å²) in [7, 11) is 0. The third kappa shape index (κ3) is 4.73. The maximum absolute atomic E-state index is 11.7. The Balaban J connectivity index is 2.62. The number of amides is 1. The molecule has 1 heterocycles. The van der Waals surface area contributed by atoms with Crippen LogP contribution in [0.25, 0.3) is 0 Å².